The zero-order valence-electron chi connectivity index (χ0n) is 18.5. The predicted octanol–water partition coefficient (Wildman–Crippen LogP) is 3.47. The minimum atomic E-state index is -1.06. The van der Waals surface area contributed by atoms with E-state index in [0.717, 1.165) is 10.9 Å². The third-order valence-electron chi connectivity index (χ3n) is 5.21. The van der Waals surface area contributed by atoms with Crippen LogP contribution in [0.25, 0.3) is 21.8 Å². The molecule has 1 aromatic carbocycles. The average Bonchev–Trinajstić information content (AvgIpc) is 3.25. The van der Waals surface area contributed by atoms with Gasteiger partial charge in [-0.25, -0.2) is 9.67 Å². The second kappa shape index (κ2) is 9.87. The van der Waals surface area contributed by atoms with Gasteiger partial charge in [0.05, 0.1) is 30.1 Å². The van der Waals surface area contributed by atoms with Crippen molar-refractivity contribution in [1.29, 1.82) is 0 Å². The Morgan fingerprint density at radius 2 is 1.94 bits per heavy atom. The van der Waals surface area contributed by atoms with E-state index < -0.39 is 11.9 Å². The number of hydrogen-bond donors (Lipinski definition) is 3. The molecule has 3 heterocycles. The number of aryl methyl sites for hydroxylation is 1. The number of carboxylic acids is 1. The van der Waals surface area contributed by atoms with Crippen LogP contribution < -0.4 is 15.4 Å². The first-order valence-corrected chi connectivity index (χ1v) is 10.9. The Labute approximate surface area is 199 Å². The number of rotatable bonds is 9. The minimum absolute atomic E-state index is 0.180. The summed E-state index contributed by atoms with van der Waals surface area (Å²) in [4.78, 5) is 27.5. The second-order valence-electron chi connectivity index (χ2n) is 7.41. The number of benzene rings is 1. The number of methoxy groups -OCH3 is 1. The molecule has 1 amide bonds. The Balaban J connectivity index is 1.72. The SMILES string of the molecule is CCn1ncc2c3c(NCc4ccc(OC)c(Cl)c4)nnc(NC(=O)CCC(=O)O)c3cnc21. The van der Waals surface area contributed by atoms with Crippen LogP contribution in [0.3, 0.4) is 0 Å². The molecule has 0 unspecified atom stereocenters. The maximum absolute atomic E-state index is 12.2. The molecule has 4 rings (SSSR count). The van der Waals surface area contributed by atoms with Crippen molar-refractivity contribution in [2.75, 3.05) is 17.7 Å². The molecule has 0 spiro atoms. The third-order valence-corrected chi connectivity index (χ3v) is 5.50. The van der Waals surface area contributed by atoms with E-state index in [1.807, 2.05) is 13.0 Å². The molecule has 34 heavy (non-hydrogen) atoms. The van der Waals surface area contributed by atoms with Gasteiger partial charge in [-0.1, -0.05) is 17.7 Å². The standard InChI is InChI=1S/C22H22ClN7O4/c1-3-30-22-14(11-26-30)19-13(10-25-22)20(27-17(31)6-7-18(32)33)28-29-21(19)24-9-12-4-5-16(34-2)15(23)8-12/h4-5,8,10-11H,3,6-7,9H2,1-2H3,(H,24,29)(H,32,33)(H,27,28,31). The fourth-order valence-corrected chi connectivity index (χ4v) is 3.81. The summed E-state index contributed by atoms with van der Waals surface area (Å²) in [7, 11) is 1.55. The summed E-state index contributed by atoms with van der Waals surface area (Å²) in [5, 5.41) is 30.1. The van der Waals surface area contributed by atoms with Gasteiger partial charge in [-0.05, 0) is 24.6 Å². The summed E-state index contributed by atoms with van der Waals surface area (Å²) in [6.07, 6.45) is 2.83. The minimum Gasteiger partial charge on any atom is -0.495 e. The fraction of sp³-hybridized carbons (Fsp3) is 0.273. The molecule has 11 nitrogen and oxygen atoms in total. The number of nitrogens with zero attached hydrogens (tertiary/aromatic N) is 5. The highest BCUT2D eigenvalue weighted by Gasteiger charge is 2.18. The lowest BCUT2D eigenvalue weighted by Gasteiger charge is -2.13. The van der Waals surface area contributed by atoms with Crippen LogP contribution in [0.5, 0.6) is 5.75 Å². The number of ether oxygens (including phenoxy) is 1. The van der Waals surface area contributed by atoms with Crippen molar-refractivity contribution in [3.05, 3.63) is 41.2 Å². The number of amides is 1. The first-order valence-electron chi connectivity index (χ1n) is 10.5. The number of aliphatic carboxylic acids is 1. The van der Waals surface area contributed by atoms with Gasteiger partial charge in [-0.3, -0.25) is 9.59 Å². The summed E-state index contributed by atoms with van der Waals surface area (Å²) in [6, 6.07) is 5.47. The van der Waals surface area contributed by atoms with Gasteiger partial charge < -0.3 is 20.5 Å². The molecule has 0 fully saturated rings. The van der Waals surface area contributed by atoms with E-state index >= 15 is 0 Å². The van der Waals surface area contributed by atoms with E-state index in [0.29, 0.717) is 46.1 Å². The smallest absolute Gasteiger partial charge is 0.303 e. The van der Waals surface area contributed by atoms with E-state index in [1.165, 1.54) is 0 Å². The van der Waals surface area contributed by atoms with Gasteiger partial charge in [0.25, 0.3) is 0 Å². The van der Waals surface area contributed by atoms with Crippen molar-refractivity contribution in [3.8, 4) is 5.75 Å². The van der Waals surface area contributed by atoms with Gasteiger partial charge in [0.2, 0.25) is 5.91 Å². The molecule has 0 radical (unpaired) electrons. The lowest BCUT2D eigenvalue weighted by molar-refractivity contribution is -0.138. The van der Waals surface area contributed by atoms with Crippen molar-refractivity contribution in [3.63, 3.8) is 0 Å². The number of carboxylic acid groups (broad SMARTS) is 1. The Morgan fingerprint density at radius 3 is 2.65 bits per heavy atom. The van der Waals surface area contributed by atoms with E-state index in [-0.39, 0.29) is 18.7 Å². The molecule has 0 aliphatic carbocycles. The predicted molar refractivity (Wildman–Crippen MR) is 127 cm³/mol. The van der Waals surface area contributed by atoms with E-state index in [4.69, 9.17) is 21.4 Å². The molecule has 0 saturated heterocycles. The zero-order valence-corrected chi connectivity index (χ0v) is 19.3. The highest BCUT2D eigenvalue weighted by Crippen LogP contribution is 2.33. The number of carbonyl (C=O) groups excluding carboxylic acids is 1. The van der Waals surface area contributed by atoms with Gasteiger partial charge in [0, 0.05) is 36.5 Å². The Hall–Kier alpha value is -3.99. The molecule has 4 aromatic rings. The van der Waals surface area contributed by atoms with Crippen LogP contribution in [0.4, 0.5) is 11.6 Å². The fourth-order valence-electron chi connectivity index (χ4n) is 3.53. The van der Waals surface area contributed by atoms with Crippen LogP contribution in [0.2, 0.25) is 5.02 Å². The largest absolute Gasteiger partial charge is 0.495 e. The molecule has 3 aromatic heterocycles. The zero-order chi connectivity index (χ0) is 24.2. The summed E-state index contributed by atoms with van der Waals surface area (Å²) >= 11 is 6.24. The number of halogens is 1. The molecule has 0 bridgehead atoms. The van der Waals surface area contributed by atoms with Crippen molar-refractivity contribution in [2.24, 2.45) is 0 Å². The van der Waals surface area contributed by atoms with Crippen LogP contribution in [-0.4, -0.2) is 49.1 Å². The molecule has 3 N–H and O–H groups in total. The number of anilines is 2. The van der Waals surface area contributed by atoms with Gasteiger partial charge >= 0.3 is 5.97 Å². The molecule has 176 valence electrons. The first kappa shape index (κ1) is 23.2. The van der Waals surface area contributed by atoms with E-state index in [1.54, 1.807) is 36.3 Å². The highest BCUT2D eigenvalue weighted by molar-refractivity contribution is 6.32. The topological polar surface area (TPSA) is 144 Å². The summed E-state index contributed by atoms with van der Waals surface area (Å²) in [5.74, 6) is -0.274. The van der Waals surface area contributed by atoms with Crippen LogP contribution in [0.1, 0.15) is 25.3 Å². The quantitative estimate of drug-likeness (QED) is 0.326. The van der Waals surface area contributed by atoms with Crippen molar-refractivity contribution >= 4 is 56.9 Å². The molecule has 0 aliphatic heterocycles. The van der Waals surface area contributed by atoms with Crippen molar-refractivity contribution in [1.82, 2.24) is 25.0 Å². The van der Waals surface area contributed by atoms with Gasteiger partial charge in [0.15, 0.2) is 17.3 Å². The maximum Gasteiger partial charge on any atom is 0.303 e. The molecular weight excluding hydrogens is 462 g/mol. The van der Waals surface area contributed by atoms with Crippen molar-refractivity contribution < 1.29 is 19.4 Å². The Morgan fingerprint density at radius 1 is 1.15 bits per heavy atom. The Kier molecular flexibility index (Phi) is 6.73. The van der Waals surface area contributed by atoms with Gasteiger partial charge in [0.1, 0.15) is 5.75 Å². The van der Waals surface area contributed by atoms with E-state index in [2.05, 4.69) is 30.9 Å². The molecule has 0 aliphatic rings. The normalized spacial score (nSPS) is 11.0. The third kappa shape index (κ3) is 4.69. The molecular formula is C22H22ClN7O4. The number of aromatic nitrogens is 5. The lowest BCUT2D eigenvalue weighted by atomic mass is 10.1. The number of nitrogens with one attached hydrogen (secondary N) is 2. The maximum atomic E-state index is 12.2. The number of fused-ring (bicyclic) bond motifs is 3. The highest BCUT2D eigenvalue weighted by atomic mass is 35.5. The van der Waals surface area contributed by atoms with Crippen molar-refractivity contribution in [2.45, 2.75) is 32.9 Å². The number of carbonyl (C=O) groups is 2. The summed E-state index contributed by atoms with van der Waals surface area (Å²) < 4.78 is 6.96. The van der Waals surface area contributed by atoms with Crippen LogP contribution in [0, 0.1) is 0 Å². The Bertz CT molecular complexity index is 1390. The van der Waals surface area contributed by atoms with Crippen LogP contribution in [0.15, 0.2) is 30.6 Å². The lowest BCUT2D eigenvalue weighted by Crippen LogP contribution is -2.15. The first-order chi connectivity index (χ1) is 16.4. The molecule has 0 atom stereocenters. The van der Waals surface area contributed by atoms with E-state index in [9.17, 15) is 9.59 Å². The number of pyridine rings is 1. The molecule has 12 heteroatoms. The monoisotopic (exact) mass is 483 g/mol. The van der Waals surface area contributed by atoms with Crippen LogP contribution in [-0.2, 0) is 22.7 Å². The summed E-state index contributed by atoms with van der Waals surface area (Å²) in [6.45, 7) is 3.00. The summed E-state index contributed by atoms with van der Waals surface area (Å²) in [5.41, 5.74) is 1.57. The average molecular weight is 484 g/mol. The van der Waals surface area contributed by atoms with Crippen LogP contribution >= 0.6 is 11.6 Å². The van der Waals surface area contributed by atoms with Gasteiger partial charge in [-0.2, -0.15) is 5.10 Å². The molecule has 0 saturated carbocycles. The second-order valence-corrected chi connectivity index (χ2v) is 7.81. The number of hydrogen-bond acceptors (Lipinski definition) is 8. The van der Waals surface area contributed by atoms with Gasteiger partial charge in [-0.15, -0.1) is 10.2 Å².